The van der Waals surface area contributed by atoms with E-state index in [1.54, 1.807) is 6.92 Å². The normalized spacial score (nSPS) is 10.6. The van der Waals surface area contributed by atoms with E-state index in [-0.39, 0.29) is 11.6 Å². The standard InChI is InChI=1S/C11H18O2/c1-3-5-6-7-11(13)9-8-10(12)4-2/h8-9H,3-7H2,1-2H3/b9-8+. The van der Waals surface area contributed by atoms with Crippen molar-refractivity contribution in [3.63, 3.8) is 0 Å². The summed E-state index contributed by atoms with van der Waals surface area (Å²) in [5.74, 6) is 0.0825. The monoisotopic (exact) mass is 182 g/mol. The van der Waals surface area contributed by atoms with E-state index in [1.165, 1.54) is 12.2 Å². The molecule has 0 aliphatic carbocycles. The van der Waals surface area contributed by atoms with Gasteiger partial charge in [-0.3, -0.25) is 9.59 Å². The van der Waals surface area contributed by atoms with Crippen LogP contribution in [0.4, 0.5) is 0 Å². The molecule has 0 aromatic heterocycles. The first-order valence-corrected chi connectivity index (χ1v) is 4.94. The maximum absolute atomic E-state index is 11.1. The van der Waals surface area contributed by atoms with E-state index in [1.807, 2.05) is 0 Å². The second kappa shape index (κ2) is 7.71. The van der Waals surface area contributed by atoms with Crippen molar-refractivity contribution in [3.8, 4) is 0 Å². The number of carbonyl (C=O) groups is 2. The van der Waals surface area contributed by atoms with Gasteiger partial charge in [-0.05, 0) is 18.6 Å². The van der Waals surface area contributed by atoms with Crippen LogP contribution in [0.1, 0.15) is 46.0 Å². The SMILES string of the molecule is CCCCCC(=O)/C=C/C(=O)CC. The van der Waals surface area contributed by atoms with Crippen LogP contribution in [0.2, 0.25) is 0 Å². The molecule has 0 amide bonds. The van der Waals surface area contributed by atoms with Crippen molar-refractivity contribution in [1.29, 1.82) is 0 Å². The van der Waals surface area contributed by atoms with Crippen LogP contribution in [-0.2, 0) is 9.59 Å². The molecule has 2 nitrogen and oxygen atoms in total. The van der Waals surface area contributed by atoms with Crippen molar-refractivity contribution in [1.82, 2.24) is 0 Å². The van der Waals surface area contributed by atoms with Crippen molar-refractivity contribution >= 4 is 11.6 Å². The topological polar surface area (TPSA) is 34.1 Å². The Hall–Kier alpha value is -0.920. The molecule has 0 heterocycles. The van der Waals surface area contributed by atoms with Gasteiger partial charge in [0.2, 0.25) is 0 Å². The van der Waals surface area contributed by atoms with E-state index < -0.39 is 0 Å². The molecule has 0 unspecified atom stereocenters. The van der Waals surface area contributed by atoms with Crippen LogP contribution in [0.15, 0.2) is 12.2 Å². The highest BCUT2D eigenvalue weighted by molar-refractivity contribution is 5.98. The van der Waals surface area contributed by atoms with Crippen molar-refractivity contribution in [2.24, 2.45) is 0 Å². The van der Waals surface area contributed by atoms with Crippen molar-refractivity contribution < 1.29 is 9.59 Å². The molecule has 0 saturated carbocycles. The zero-order valence-electron chi connectivity index (χ0n) is 8.51. The highest BCUT2D eigenvalue weighted by Gasteiger charge is 1.97. The van der Waals surface area contributed by atoms with E-state index in [0.29, 0.717) is 12.8 Å². The lowest BCUT2D eigenvalue weighted by Crippen LogP contribution is -1.95. The second-order valence-electron chi connectivity index (χ2n) is 3.08. The molecule has 2 heteroatoms. The molecule has 0 bridgehead atoms. The van der Waals surface area contributed by atoms with Crippen LogP contribution in [0.3, 0.4) is 0 Å². The van der Waals surface area contributed by atoms with Gasteiger partial charge in [0.15, 0.2) is 11.6 Å². The minimum atomic E-state index is 0.0174. The summed E-state index contributed by atoms with van der Waals surface area (Å²) in [7, 11) is 0. The van der Waals surface area contributed by atoms with Gasteiger partial charge in [-0.25, -0.2) is 0 Å². The fourth-order valence-electron chi connectivity index (χ4n) is 0.936. The summed E-state index contributed by atoms with van der Waals surface area (Å²) in [4.78, 5) is 21.9. The van der Waals surface area contributed by atoms with E-state index in [2.05, 4.69) is 6.92 Å². The van der Waals surface area contributed by atoms with Gasteiger partial charge in [-0.1, -0.05) is 26.7 Å². The molecule has 0 N–H and O–H groups in total. The van der Waals surface area contributed by atoms with Crippen LogP contribution in [0.25, 0.3) is 0 Å². The molecule has 13 heavy (non-hydrogen) atoms. The minimum Gasteiger partial charge on any atom is -0.295 e. The third kappa shape index (κ3) is 7.44. The average molecular weight is 182 g/mol. The van der Waals surface area contributed by atoms with Gasteiger partial charge < -0.3 is 0 Å². The second-order valence-corrected chi connectivity index (χ2v) is 3.08. The van der Waals surface area contributed by atoms with E-state index in [0.717, 1.165) is 19.3 Å². The molecule has 0 aliphatic heterocycles. The Labute approximate surface area is 80.0 Å². The Morgan fingerprint density at radius 3 is 2.15 bits per heavy atom. The quantitative estimate of drug-likeness (QED) is 0.448. The Morgan fingerprint density at radius 1 is 1.00 bits per heavy atom. The summed E-state index contributed by atoms with van der Waals surface area (Å²) in [6.07, 6.45) is 6.96. The summed E-state index contributed by atoms with van der Waals surface area (Å²) in [5.41, 5.74) is 0. The Balaban J connectivity index is 3.61. The van der Waals surface area contributed by atoms with Crippen LogP contribution in [-0.4, -0.2) is 11.6 Å². The first-order chi connectivity index (χ1) is 6.20. The van der Waals surface area contributed by atoms with Crippen LogP contribution in [0.5, 0.6) is 0 Å². The summed E-state index contributed by atoms with van der Waals surface area (Å²) in [6.45, 7) is 3.88. The lowest BCUT2D eigenvalue weighted by atomic mass is 10.1. The first-order valence-electron chi connectivity index (χ1n) is 4.94. The van der Waals surface area contributed by atoms with Crippen LogP contribution in [0, 0.1) is 0 Å². The number of allylic oxidation sites excluding steroid dienone is 2. The van der Waals surface area contributed by atoms with Gasteiger partial charge >= 0.3 is 0 Å². The number of ketones is 2. The number of unbranched alkanes of at least 4 members (excludes halogenated alkanes) is 2. The summed E-state index contributed by atoms with van der Waals surface area (Å²) >= 11 is 0. The highest BCUT2D eigenvalue weighted by atomic mass is 16.1. The smallest absolute Gasteiger partial charge is 0.155 e. The van der Waals surface area contributed by atoms with Gasteiger partial charge in [-0.2, -0.15) is 0 Å². The number of hydrogen-bond donors (Lipinski definition) is 0. The van der Waals surface area contributed by atoms with Gasteiger partial charge in [0, 0.05) is 12.8 Å². The maximum atomic E-state index is 11.1. The third-order valence-electron chi connectivity index (χ3n) is 1.83. The first kappa shape index (κ1) is 12.1. The van der Waals surface area contributed by atoms with Crippen molar-refractivity contribution in [3.05, 3.63) is 12.2 Å². The molecule has 0 rings (SSSR count). The molecule has 0 saturated heterocycles. The lowest BCUT2D eigenvalue weighted by molar-refractivity contribution is -0.116. The molecule has 0 aliphatic rings. The fraction of sp³-hybridized carbons (Fsp3) is 0.636. The van der Waals surface area contributed by atoms with Gasteiger partial charge in [-0.15, -0.1) is 0 Å². The third-order valence-corrected chi connectivity index (χ3v) is 1.83. The molecular weight excluding hydrogens is 164 g/mol. The fourth-order valence-corrected chi connectivity index (χ4v) is 0.936. The molecular formula is C11H18O2. The lowest BCUT2D eigenvalue weighted by Gasteiger charge is -1.93. The Morgan fingerprint density at radius 2 is 1.62 bits per heavy atom. The summed E-state index contributed by atoms with van der Waals surface area (Å²) in [5, 5.41) is 0. The van der Waals surface area contributed by atoms with Gasteiger partial charge in [0.1, 0.15) is 0 Å². The molecule has 0 radical (unpaired) electrons. The molecule has 0 spiro atoms. The summed E-state index contributed by atoms with van der Waals surface area (Å²) < 4.78 is 0. The van der Waals surface area contributed by atoms with Gasteiger partial charge in [0.05, 0.1) is 0 Å². The predicted molar refractivity (Wildman–Crippen MR) is 53.6 cm³/mol. The van der Waals surface area contributed by atoms with Crippen LogP contribution < -0.4 is 0 Å². The van der Waals surface area contributed by atoms with E-state index in [4.69, 9.17) is 0 Å². The minimum absolute atomic E-state index is 0.0174. The average Bonchev–Trinajstić information content (AvgIpc) is 2.14. The Bertz CT molecular complexity index is 192. The maximum Gasteiger partial charge on any atom is 0.155 e. The molecule has 0 atom stereocenters. The predicted octanol–water partition coefficient (Wildman–Crippen LogP) is 2.67. The Kier molecular flexibility index (Phi) is 7.17. The molecule has 0 aromatic rings. The number of carbonyl (C=O) groups excluding carboxylic acids is 2. The largest absolute Gasteiger partial charge is 0.295 e. The number of hydrogen-bond acceptors (Lipinski definition) is 2. The molecule has 0 fully saturated rings. The van der Waals surface area contributed by atoms with E-state index >= 15 is 0 Å². The van der Waals surface area contributed by atoms with Crippen LogP contribution >= 0.6 is 0 Å². The van der Waals surface area contributed by atoms with Crippen molar-refractivity contribution in [2.45, 2.75) is 46.0 Å². The van der Waals surface area contributed by atoms with E-state index in [9.17, 15) is 9.59 Å². The zero-order valence-corrected chi connectivity index (χ0v) is 8.51. The van der Waals surface area contributed by atoms with Gasteiger partial charge in [0.25, 0.3) is 0 Å². The number of rotatable bonds is 7. The molecule has 74 valence electrons. The summed E-state index contributed by atoms with van der Waals surface area (Å²) in [6, 6.07) is 0. The highest BCUT2D eigenvalue weighted by Crippen LogP contribution is 2.00. The van der Waals surface area contributed by atoms with Crippen molar-refractivity contribution in [2.75, 3.05) is 0 Å². The zero-order chi connectivity index (χ0) is 10.1. The molecule has 0 aromatic carbocycles.